The van der Waals surface area contributed by atoms with E-state index in [1.165, 1.54) is 17.8 Å². The summed E-state index contributed by atoms with van der Waals surface area (Å²) in [5.41, 5.74) is 2.92. The Hall–Kier alpha value is -2.14. The van der Waals surface area contributed by atoms with Crippen LogP contribution in [0.1, 0.15) is 21.5 Å². The number of fused-ring (bicyclic) bond motifs is 1. The molecule has 3 rings (SSSR count). The van der Waals surface area contributed by atoms with E-state index in [1.807, 2.05) is 25.1 Å². The number of hydrogen-bond acceptors (Lipinski definition) is 3. The fourth-order valence-corrected chi connectivity index (χ4v) is 3.28. The predicted molar refractivity (Wildman–Crippen MR) is 79.8 cm³/mol. The van der Waals surface area contributed by atoms with Crippen molar-refractivity contribution in [1.29, 1.82) is 0 Å². The van der Waals surface area contributed by atoms with Crippen molar-refractivity contribution < 1.29 is 4.79 Å². The molecule has 1 aliphatic heterocycles. The molecule has 1 amide bonds. The molecule has 2 aromatic rings. The maximum atomic E-state index is 12.1. The Kier molecular flexibility index (Phi) is 3.28. The van der Waals surface area contributed by atoms with Gasteiger partial charge >= 0.3 is 0 Å². The van der Waals surface area contributed by atoms with Gasteiger partial charge in [0.15, 0.2) is 0 Å². The fraction of sp³-hybridized carbons (Fsp3) is 0.133. The van der Waals surface area contributed by atoms with Crippen molar-refractivity contribution in [3.8, 4) is 0 Å². The molecular formula is C15H12N2O2S. The number of aromatic amines is 1. The SMILES string of the molecule is Cc1cc(=O)[nH]c2c1C(=NC(=O)c1ccccc1)CS2. The zero-order chi connectivity index (χ0) is 14.1. The lowest BCUT2D eigenvalue weighted by molar-refractivity contribution is 0.100. The van der Waals surface area contributed by atoms with Gasteiger partial charge in [-0.1, -0.05) is 18.2 Å². The van der Waals surface area contributed by atoms with Crippen molar-refractivity contribution in [2.45, 2.75) is 11.9 Å². The summed E-state index contributed by atoms with van der Waals surface area (Å²) in [6, 6.07) is 10.5. The Balaban J connectivity index is 2.01. The first kappa shape index (κ1) is 12.9. The largest absolute Gasteiger partial charge is 0.317 e. The first-order chi connectivity index (χ1) is 9.65. The summed E-state index contributed by atoms with van der Waals surface area (Å²) in [6.45, 7) is 1.86. The minimum atomic E-state index is -0.250. The molecule has 0 bridgehead atoms. The van der Waals surface area contributed by atoms with Crippen LogP contribution >= 0.6 is 11.8 Å². The van der Waals surface area contributed by atoms with Crippen LogP contribution in [0.15, 0.2) is 51.2 Å². The Morgan fingerprint density at radius 2 is 2.05 bits per heavy atom. The number of amides is 1. The molecule has 100 valence electrons. The van der Waals surface area contributed by atoms with Crippen molar-refractivity contribution >= 4 is 23.4 Å². The zero-order valence-electron chi connectivity index (χ0n) is 10.8. The number of H-pyrrole nitrogens is 1. The number of thioether (sulfide) groups is 1. The van der Waals surface area contributed by atoms with E-state index in [-0.39, 0.29) is 11.5 Å². The van der Waals surface area contributed by atoms with E-state index >= 15 is 0 Å². The number of nitrogens with zero attached hydrogens (tertiary/aromatic N) is 1. The zero-order valence-corrected chi connectivity index (χ0v) is 11.7. The molecule has 0 atom stereocenters. The summed E-state index contributed by atoms with van der Waals surface area (Å²) in [6.07, 6.45) is 0. The van der Waals surface area contributed by atoms with E-state index in [0.717, 1.165) is 21.9 Å². The number of rotatable bonds is 1. The highest BCUT2D eigenvalue weighted by Crippen LogP contribution is 2.31. The fourth-order valence-electron chi connectivity index (χ4n) is 2.19. The number of benzene rings is 1. The molecule has 1 aromatic carbocycles. The summed E-state index contributed by atoms with van der Waals surface area (Å²) in [7, 11) is 0. The average molecular weight is 284 g/mol. The van der Waals surface area contributed by atoms with Crippen LogP contribution in [0.25, 0.3) is 0 Å². The minimum Gasteiger partial charge on any atom is -0.317 e. The van der Waals surface area contributed by atoms with E-state index in [2.05, 4.69) is 9.98 Å². The predicted octanol–water partition coefficient (Wildman–Crippen LogP) is 2.42. The maximum Gasteiger partial charge on any atom is 0.277 e. The Morgan fingerprint density at radius 1 is 1.30 bits per heavy atom. The summed E-state index contributed by atoms with van der Waals surface area (Å²) < 4.78 is 0. The van der Waals surface area contributed by atoms with E-state index in [4.69, 9.17) is 0 Å². The van der Waals surface area contributed by atoms with Crippen LogP contribution in [0.4, 0.5) is 0 Å². The maximum absolute atomic E-state index is 12.1. The monoisotopic (exact) mass is 284 g/mol. The minimum absolute atomic E-state index is 0.121. The van der Waals surface area contributed by atoms with E-state index in [0.29, 0.717) is 11.3 Å². The third-order valence-electron chi connectivity index (χ3n) is 3.10. The van der Waals surface area contributed by atoms with Gasteiger partial charge in [0.05, 0.1) is 10.7 Å². The lowest BCUT2D eigenvalue weighted by Crippen LogP contribution is -2.11. The smallest absolute Gasteiger partial charge is 0.277 e. The normalized spacial score (nSPS) is 15.3. The number of carbonyl (C=O) groups excluding carboxylic acids is 1. The molecular weight excluding hydrogens is 272 g/mol. The molecule has 20 heavy (non-hydrogen) atoms. The van der Waals surface area contributed by atoms with Gasteiger partial charge in [-0.15, -0.1) is 11.8 Å². The number of hydrogen-bond donors (Lipinski definition) is 1. The van der Waals surface area contributed by atoms with Crippen molar-refractivity contribution in [2.75, 3.05) is 5.75 Å². The summed E-state index contributed by atoms with van der Waals surface area (Å²) >= 11 is 1.50. The molecule has 1 aliphatic rings. The highest BCUT2D eigenvalue weighted by molar-refractivity contribution is 8.00. The van der Waals surface area contributed by atoms with Crippen LogP contribution in [0.3, 0.4) is 0 Å². The van der Waals surface area contributed by atoms with Crippen LogP contribution in [0.5, 0.6) is 0 Å². The van der Waals surface area contributed by atoms with Crippen LogP contribution in [-0.4, -0.2) is 22.4 Å². The number of aromatic nitrogens is 1. The molecule has 0 spiro atoms. The number of pyridine rings is 1. The Labute approximate surface area is 120 Å². The molecule has 0 unspecified atom stereocenters. The summed E-state index contributed by atoms with van der Waals surface area (Å²) in [5, 5.41) is 0.801. The van der Waals surface area contributed by atoms with Gasteiger partial charge in [-0.05, 0) is 24.6 Å². The summed E-state index contributed by atoms with van der Waals surface area (Å²) in [5.74, 6) is 0.356. The van der Waals surface area contributed by atoms with Crippen molar-refractivity contribution in [3.05, 3.63) is 63.4 Å². The van der Waals surface area contributed by atoms with E-state index in [9.17, 15) is 9.59 Å². The lowest BCUT2D eigenvalue weighted by atomic mass is 10.1. The molecule has 0 aliphatic carbocycles. The molecule has 1 aromatic heterocycles. The second kappa shape index (κ2) is 5.09. The molecule has 0 saturated carbocycles. The van der Waals surface area contributed by atoms with Crippen molar-refractivity contribution in [1.82, 2.24) is 4.98 Å². The molecule has 4 nitrogen and oxygen atoms in total. The van der Waals surface area contributed by atoms with Gasteiger partial charge in [-0.2, -0.15) is 0 Å². The van der Waals surface area contributed by atoms with Gasteiger partial charge in [0, 0.05) is 22.9 Å². The van der Waals surface area contributed by atoms with E-state index < -0.39 is 0 Å². The number of nitrogens with one attached hydrogen (secondary N) is 1. The first-order valence-electron chi connectivity index (χ1n) is 6.19. The second-order valence-corrected chi connectivity index (χ2v) is 5.52. The van der Waals surface area contributed by atoms with Crippen LogP contribution in [-0.2, 0) is 0 Å². The van der Waals surface area contributed by atoms with Crippen LogP contribution in [0.2, 0.25) is 0 Å². The van der Waals surface area contributed by atoms with Gasteiger partial charge in [-0.3, -0.25) is 9.59 Å². The van der Waals surface area contributed by atoms with Gasteiger partial charge in [0.1, 0.15) is 0 Å². The lowest BCUT2D eigenvalue weighted by Gasteiger charge is -2.03. The van der Waals surface area contributed by atoms with Gasteiger partial charge < -0.3 is 4.98 Å². The Morgan fingerprint density at radius 3 is 2.80 bits per heavy atom. The van der Waals surface area contributed by atoms with Crippen LogP contribution in [0, 0.1) is 6.92 Å². The van der Waals surface area contributed by atoms with Gasteiger partial charge in [-0.25, -0.2) is 4.99 Å². The number of aliphatic imine (C=N–C) groups is 1. The van der Waals surface area contributed by atoms with E-state index in [1.54, 1.807) is 12.1 Å². The third kappa shape index (κ3) is 2.32. The molecule has 5 heteroatoms. The average Bonchev–Trinajstić information content (AvgIpc) is 2.82. The number of carbonyl (C=O) groups is 1. The highest BCUT2D eigenvalue weighted by atomic mass is 32.2. The third-order valence-corrected chi connectivity index (χ3v) is 4.12. The van der Waals surface area contributed by atoms with Gasteiger partial charge in [0.25, 0.3) is 5.91 Å². The molecule has 2 heterocycles. The molecule has 0 fully saturated rings. The molecule has 1 N–H and O–H groups in total. The molecule has 0 radical (unpaired) electrons. The molecule has 0 saturated heterocycles. The standard InChI is InChI=1S/C15H12N2O2S/c1-9-7-12(18)17-15-13(9)11(8-20-15)16-14(19)10-5-3-2-4-6-10/h2-7H,8H2,1H3,(H,17,18). The van der Waals surface area contributed by atoms with Gasteiger partial charge in [0.2, 0.25) is 5.56 Å². The first-order valence-corrected chi connectivity index (χ1v) is 7.18. The highest BCUT2D eigenvalue weighted by Gasteiger charge is 2.23. The van der Waals surface area contributed by atoms with Crippen LogP contribution < -0.4 is 5.56 Å². The van der Waals surface area contributed by atoms with Crippen molar-refractivity contribution in [2.24, 2.45) is 4.99 Å². The quantitative estimate of drug-likeness (QED) is 0.874. The van der Waals surface area contributed by atoms with Crippen molar-refractivity contribution in [3.63, 3.8) is 0 Å². The summed E-state index contributed by atoms with van der Waals surface area (Å²) in [4.78, 5) is 30.5. The number of aryl methyl sites for hydroxylation is 1. The topological polar surface area (TPSA) is 62.3 Å². The second-order valence-electron chi connectivity index (χ2n) is 4.54. The Bertz CT molecular complexity index is 763.